The number of alkyl halides is 6. The van der Waals surface area contributed by atoms with E-state index in [2.05, 4.69) is 4.72 Å². The van der Waals surface area contributed by atoms with Crippen LogP contribution in [0.25, 0.3) is 0 Å². The van der Waals surface area contributed by atoms with Crippen molar-refractivity contribution in [1.29, 1.82) is 0 Å². The number of ether oxygens (including phenoxy) is 4. The van der Waals surface area contributed by atoms with Crippen LogP contribution in [0.5, 0.6) is 11.5 Å². The normalized spacial score (nSPS) is 16.7. The monoisotopic (exact) mass is 1100 g/mol. The van der Waals surface area contributed by atoms with E-state index >= 15 is 0 Å². The molecule has 75 heavy (non-hydrogen) atoms. The molecule has 2 atom stereocenters. The number of nitrogens with one attached hydrogen (secondary N) is 1. The van der Waals surface area contributed by atoms with Gasteiger partial charge in [-0.2, -0.15) is 30.6 Å². The predicted molar refractivity (Wildman–Crippen MR) is 272 cm³/mol. The molecule has 0 aromatic heterocycles. The van der Waals surface area contributed by atoms with Gasteiger partial charge in [0.2, 0.25) is 20.0 Å². The molecule has 0 aliphatic heterocycles. The van der Waals surface area contributed by atoms with Crippen molar-refractivity contribution in [3.63, 3.8) is 0 Å². The summed E-state index contributed by atoms with van der Waals surface area (Å²) in [5.41, 5.74) is 0.222. The Hall–Kier alpha value is -5.18. The molecule has 0 saturated heterocycles. The molecule has 2 unspecified atom stereocenters. The minimum absolute atomic E-state index is 0.286. The molecule has 4 aromatic carbocycles. The fourth-order valence-corrected chi connectivity index (χ4v) is 11.6. The number of sulfonamides is 2. The van der Waals surface area contributed by atoms with Gasteiger partial charge in [0.15, 0.2) is 13.2 Å². The fourth-order valence-electron chi connectivity index (χ4n) is 8.86. The number of carbonyl (C=O) groups is 2. The first-order valence-corrected chi connectivity index (χ1v) is 27.9. The Morgan fingerprint density at radius 2 is 1.04 bits per heavy atom. The van der Waals surface area contributed by atoms with Gasteiger partial charge < -0.3 is 18.9 Å². The molecular formula is C55H70F6N2O10S2. The van der Waals surface area contributed by atoms with Gasteiger partial charge in [-0.05, 0) is 174 Å². The molecule has 12 nitrogen and oxygen atoms in total. The lowest BCUT2D eigenvalue weighted by Gasteiger charge is -2.29. The molecule has 20 heteroatoms. The van der Waals surface area contributed by atoms with Gasteiger partial charge in [0.1, 0.15) is 22.7 Å². The lowest BCUT2D eigenvalue weighted by Crippen LogP contribution is -2.32. The number of hydrogen-bond acceptors (Lipinski definition) is 10. The summed E-state index contributed by atoms with van der Waals surface area (Å²) in [5.74, 6) is -0.714. The Balaban J connectivity index is 0.000000277. The molecule has 0 bridgehead atoms. The van der Waals surface area contributed by atoms with Crippen LogP contribution in [0.15, 0.2) is 82.6 Å². The number of hydrogen-bond donors (Lipinski definition) is 1. The fraction of sp³-hybridized carbons (Fsp3) is 0.527. The van der Waals surface area contributed by atoms with Gasteiger partial charge in [-0.1, -0.05) is 64.8 Å². The van der Waals surface area contributed by atoms with Crippen LogP contribution in [0, 0.1) is 0 Å². The van der Waals surface area contributed by atoms with Crippen molar-refractivity contribution < 1.29 is 71.7 Å². The zero-order chi connectivity index (χ0) is 56.1. The van der Waals surface area contributed by atoms with Crippen molar-refractivity contribution >= 4 is 32.0 Å². The third-order valence-electron chi connectivity index (χ3n) is 12.5. The Kier molecular flexibility index (Phi) is 19.4. The zero-order valence-corrected chi connectivity index (χ0v) is 46.1. The first kappa shape index (κ1) is 60.7. The van der Waals surface area contributed by atoms with Gasteiger partial charge in [-0.25, -0.2) is 31.1 Å². The van der Waals surface area contributed by atoms with Gasteiger partial charge in [-0.15, -0.1) is 0 Å². The molecule has 414 valence electrons. The second kappa shape index (κ2) is 24.0. The Labute approximate surface area is 438 Å². The van der Waals surface area contributed by atoms with Crippen molar-refractivity contribution in [3.8, 4) is 11.5 Å². The maximum atomic E-state index is 13.7. The van der Waals surface area contributed by atoms with Crippen LogP contribution in [0.4, 0.5) is 26.3 Å². The van der Waals surface area contributed by atoms with E-state index in [1.165, 1.54) is 19.2 Å². The minimum Gasteiger partial charge on any atom is -0.482 e. The first-order chi connectivity index (χ1) is 34.6. The van der Waals surface area contributed by atoms with Gasteiger partial charge >= 0.3 is 24.3 Å². The smallest absolute Gasteiger partial charge is 0.416 e. The van der Waals surface area contributed by atoms with Crippen LogP contribution in [0.2, 0.25) is 0 Å². The number of halogens is 6. The number of carbonyl (C=O) groups excluding carboxylic acids is 2. The van der Waals surface area contributed by atoms with E-state index in [9.17, 15) is 52.8 Å². The molecule has 0 fully saturated rings. The molecular weight excluding hydrogens is 1030 g/mol. The number of nitrogens with zero attached hydrogens (tertiary/aromatic N) is 1. The maximum absolute atomic E-state index is 13.7. The van der Waals surface area contributed by atoms with Crippen LogP contribution in [-0.4, -0.2) is 64.5 Å². The molecule has 4 aromatic rings. The van der Waals surface area contributed by atoms with Gasteiger partial charge in [0, 0.05) is 13.1 Å². The largest absolute Gasteiger partial charge is 0.482 e. The summed E-state index contributed by atoms with van der Waals surface area (Å²) in [7, 11) is -7.16. The Morgan fingerprint density at radius 1 is 0.613 bits per heavy atom. The highest BCUT2D eigenvalue weighted by molar-refractivity contribution is 7.89. The van der Waals surface area contributed by atoms with Crippen LogP contribution < -0.4 is 14.2 Å². The molecule has 0 heterocycles. The van der Waals surface area contributed by atoms with Gasteiger partial charge in [-0.3, -0.25) is 0 Å². The predicted octanol–water partition coefficient (Wildman–Crippen LogP) is 12.9. The molecule has 2 aliphatic carbocycles. The maximum Gasteiger partial charge on any atom is 0.416 e. The standard InChI is InChI=1S/C28H36F3NO5S.C27H34F3NO5S/c1-18(2)19-14-20(28(29,30)31)16-21(15-19)38(34,35)32(6)24-12-8-7-10-23-22(24)11-9-13-25(23)36-17-26(33)37-27(3,4)5;1-17(2)18-13-19(27(28,29)30)15-20(14-18)37(33,34)31-23-11-7-6-9-22-21(23)10-8-12-24(22)35-16-25(32)36-26(3,4)5/h9,11,13-16,18,24H,7-8,10,12,17H2,1-6H3;8,10,12-15,17,23,31H,6-7,9,11,16H2,1-5H3. The molecule has 0 amide bonds. The molecule has 2 aliphatic rings. The second-order valence-corrected chi connectivity index (χ2v) is 25.2. The average Bonchev–Trinajstić information content (AvgIpc) is 3.64. The third kappa shape index (κ3) is 16.7. The number of fused-ring (bicyclic) bond motifs is 2. The Morgan fingerprint density at radius 3 is 1.49 bits per heavy atom. The SMILES string of the molecule is CC(C)c1cc(C(F)(F)F)cc(S(=O)(=O)N(C)C2CCCCc3c(OCC(=O)OC(C)(C)C)cccc32)c1.CC(C)c1cc(C(F)(F)F)cc(S(=O)(=O)NC2CCCCc3c(OCC(=O)OC(C)(C)C)cccc32)c1. The second-order valence-electron chi connectivity index (χ2n) is 21.5. The van der Waals surface area contributed by atoms with Crippen molar-refractivity contribution in [1.82, 2.24) is 9.03 Å². The van der Waals surface area contributed by atoms with Crippen molar-refractivity contribution in [2.75, 3.05) is 20.3 Å². The molecule has 0 radical (unpaired) electrons. The highest BCUT2D eigenvalue weighted by atomic mass is 32.2. The minimum atomic E-state index is -4.68. The van der Waals surface area contributed by atoms with E-state index in [1.54, 1.807) is 99.6 Å². The highest BCUT2D eigenvalue weighted by Crippen LogP contribution is 2.42. The zero-order valence-electron chi connectivity index (χ0n) is 44.4. The lowest BCUT2D eigenvalue weighted by molar-refractivity contribution is -0.158. The van der Waals surface area contributed by atoms with E-state index < -0.39 is 83.6 Å². The van der Waals surface area contributed by atoms with E-state index in [1.807, 2.05) is 6.07 Å². The van der Waals surface area contributed by atoms with E-state index in [4.69, 9.17) is 18.9 Å². The number of rotatable bonds is 14. The lowest BCUT2D eigenvalue weighted by atomic mass is 9.98. The summed E-state index contributed by atoms with van der Waals surface area (Å²) in [6, 6.07) is 15.2. The van der Waals surface area contributed by atoms with Crippen LogP contribution in [0.3, 0.4) is 0 Å². The highest BCUT2D eigenvalue weighted by Gasteiger charge is 2.38. The number of esters is 2. The topological polar surface area (TPSA) is 155 Å². The quantitative estimate of drug-likeness (QED) is 0.0733. The van der Waals surface area contributed by atoms with E-state index in [0.717, 1.165) is 40.4 Å². The summed E-state index contributed by atoms with van der Waals surface area (Å²) < 4.78 is 161. The summed E-state index contributed by atoms with van der Waals surface area (Å²) in [4.78, 5) is 23.5. The summed E-state index contributed by atoms with van der Waals surface area (Å²) in [6.07, 6.45) is -4.22. The first-order valence-electron chi connectivity index (χ1n) is 24.9. The third-order valence-corrected chi connectivity index (χ3v) is 15.8. The average molecular weight is 1100 g/mol. The summed E-state index contributed by atoms with van der Waals surface area (Å²) >= 11 is 0. The van der Waals surface area contributed by atoms with Crippen molar-refractivity contribution in [2.24, 2.45) is 0 Å². The molecule has 6 rings (SSSR count). The number of benzene rings is 4. The Bertz CT molecular complexity index is 2890. The molecule has 0 spiro atoms. The van der Waals surface area contributed by atoms with Crippen LogP contribution >= 0.6 is 0 Å². The van der Waals surface area contributed by atoms with Gasteiger partial charge in [0.05, 0.1) is 27.0 Å². The van der Waals surface area contributed by atoms with Gasteiger partial charge in [0.25, 0.3) is 0 Å². The summed E-state index contributed by atoms with van der Waals surface area (Å²) in [6.45, 7) is 16.8. The molecule has 0 saturated carbocycles. The van der Waals surface area contributed by atoms with Crippen molar-refractivity contribution in [2.45, 2.75) is 178 Å². The molecule has 1 N–H and O–H groups in total. The van der Waals surface area contributed by atoms with E-state index in [-0.39, 0.29) is 35.5 Å². The van der Waals surface area contributed by atoms with Crippen molar-refractivity contribution in [3.05, 3.63) is 117 Å². The van der Waals surface area contributed by atoms with Crippen LogP contribution in [-0.2, 0) is 64.3 Å². The van der Waals surface area contributed by atoms with E-state index in [0.29, 0.717) is 78.8 Å². The van der Waals surface area contributed by atoms with Crippen LogP contribution in [0.1, 0.15) is 176 Å². The summed E-state index contributed by atoms with van der Waals surface area (Å²) in [5, 5.41) is 0.